The van der Waals surface area contributed by atoms with Gasteiger partial charge in [0.25, 0.3) is 5.91 Å². The van der Waals surface area contributed by atoms with Crippen molar-refractivity contribution in [2.75, 3.05) is 0 Å². The molecule has 0 spiro atoms. The number of pyridine rings is 1. The van der Waals surface area contributed by atoms with Gasteiger partial charge >= 0.3 is 6.18 Å². The fourth-order valence-electron chi connectivity index (χ4n) is 3.12. The molecule has 1 aromatic carbocycles. The van der Waals surface area contributed by atoms with Crippen LogP contribution >= 0.6 is 11.6 Å². The van der Waals surface area contributed by atoms with Crippen molar-refractivity contribution in [3.8, 4) is 5.69 Å². The van der Waals surface area contributed by atoms with Crippen LogP contribution in [0.15, 0.2) is 77.5 Å². The second kappa shape index (κ2) is 8.88. The van der Waals surface area contributed by atoms with Gasteiger partial charge in [0.05, 0.1) is 35.8 Å². The van der Waals surface area contributed by atoms with Gasteiger partial charge < -0.3 is 9.32 Å². The molecule has 0 bridgehead atoms. The van der Waals surface area contributed by atoms with Crippen LogP contribution in [0.2, 0.25) is 5.02 Å². The maximum Gasteiger partial charge on any atom is 0.435 e. The first-order valence-electron chi connectivity index (χ1n) is 9.46. The van der Waals surface area contributed by atoms with Crippen molar-refractivity contribution in [1.29, 1.82) is 0 Å². The van der Waals surface area contributed by atoms with Crippen LogP contribution in [0.25, 0.3) is 5.69 Å². The lowest BCUT2D eigenvalue weighted by Gasteiger charge is -2.22. The molecule has 0 aliphatic rings. The van der Waals surface area contributed by atoms with Crippen LogP contribution in [0.3, 0.4) is 0 Å². The summed E-state index contributed by atoms with van der Waals surface area (Å²) in [4.78, 5) is 19.1. The molecule has 0 N–H and O–H groups in total. The van der Waals surface area contributed by atoms with E-state index < -0.39 is 17.8 Å². The number of amides is 1. The van der Waals surface area contributed by atoms with Crippen LogP contribution < -0.4 is 0 Å². The first-order valence-corrected chi connectivity index (χ1v) is 9.84. The zero-order chi connectivity index (χ0) is 22.7. The number of nitrogens with zero attached hydrogens (tertiary/aromatic N) is 4. The van der Waals surface area contributed by atoms with Gasteiger partial charge in [0.1, 0.15) is 11.5 Å². The van der Waals surface area contributed by atoms with Crippen LogP contribution in [-0.2, 0) is 19.3 Å². The van der Waals surface area contributed by atoms with E-state index in [9.17, 15) is 18.0 Å². The Bertz CT molecular complexity index is 1210. The molecule has 4 rings (SSSR count). The molecule has 0 fully saturated rings. The van der Waals surface area contributed by atoms with Crippen LogP contribution in [0.1, 0.15) is 27.6 Å². The van der Waals surface area contributed by atoms with Crippen molar-refractivity contribution in [2.45, 2.75) is 19.3 Å². The monoisotopic (exact) mass is 460 g/mol. The number of carbonyl (C=O) groups is 1. The van der Waals surface area contributed by atoms with Crippen LogP contribution in [0.4, 0.5) is 13.2 Å². The molecule has 0 saturated heterocycles. The van der Waals surface area contributed by atoms with Gasteiger partial charge in [-0.15, -0.1) is 0 Å². The third-order valence-electron chi connectivity index (χ3n) is 4.59. The third-order valence-corrected chi connectivity index (χ3v) is 4.91. The predicted octanol–water partition coefficient (Wildman–Crippen LogP) is 5.38. The normalized spacial score (nSPS) is 11.5. The van der Waals surface area contributed by atoms with Gasteiger partial charge in [-0.1, -0.05) is 29.8 Å². The highest BCUT2D eigenvalue weighted by Crippen LogP contribution is 2.31. The van der Waals surface area contributed by atoms with Crippen LogP contribution in [-0.4, -0.2) is 25.6 Å². The molecule has 4 aromatic rings. The summed E-state index contributed by atoms with van der Waals surface area (Å²) < 4.78 is 46.6. The minimum atomic E-state index is -4.74. The lowest BCUT2D eigenvalue weighted by atomic mass is 10.2. The number of hydrogen-bond acceptors (Lipinski definition) is 4. The Labute approximate surface area is 185 Å². The van der Waals surface area contributed by atoms with Gasteiger partial charge in [-0.25, -0.2) is 4.68 Å². The average Bonchev–Trinajstić information content (AvgIpc) is 3.44. The summed E-state index contributed by atoms with van der Waals surface area (Å²) >= 11 is 6.19. The SMILES string of the molecule is O=C(c1cc(C(F)(F)F)nn1-c1ccccc1Cl)N(Cc1ccccn1)Cc1ccco1. The fourth-order valence-corrected chi connectivity index (χ4v) is 3.33. The summed E-state index contributed by atoms with van der Waals surface area (Å²) in [6.07, 6.45) is -1.72. The highest BCUT2D eigenvalue weighted by Gasteiger charge is 2.37. The van der Waals surface area contributed by atoms with Crippen molar-refractivity contribution in [3.63, 3.8) is 0 Å². The number of aromatic nitrogens is 3. The summed E-state index contributed by atoms with van der Waals surface area (Å²) in [5, 5.41) is 3.79. The van der Waals surface area contributed by atoms with E-state index >= 15 is 0 Å². The number of hydrogen-bond donors (Lipinski definition) is 0. The Hall–Kier alpha value is -3.59. The summed E-state index contributed by atoms with van der Waals surface area (Å²) in [6.45, 7) is 0.0763. The molecule has 0 saturated carbocycles. The number of alkyl halides is 3. The first kappa shape index (κ1) is 21.6. The molecule has 0 aliphatic heterocycles. The highest BCUT2D eigenvalue weighted by molar-refractivity contribution is 6.32. The van der Waals surface area contributed by atoms with E-state index in [1.165, 1.54) is 23.3 Å². The van der Waals surface area contributed by atoms with Gasteiger partial charge in [0, 0.05) is 12.3 Å². The Morgan fingerprint density at radius 1 is 1.06 bits per heavy atom. The minimum Gasteiger partial charge on any atom is -0.467 e. The number of para-hydroxylation sites is 1. The quantitative estimate of drug-likeness (QED) is 0.388. The summed E-state index contributed by atoms with van der Waals surface area (Å²) in [5.41, 5.74) is -0.763. The fraction of sp³-hybridized carbons (Fsp3) is 0.136. The van der Waals surface area contributed by atoms with E-state index in [0.29, 0.717) is 11.5 Å². The van der Waals surface area contributed by atoms with Crippen molar-refractivity contribution in [2.24, 2.45) is 0 Å². The van der Waals surface area contributed by atoms with Gasteiger partial charge in [-0.05, 0) is 36.4 Å². The molecular weight excluding hydrogens is 445 g/mol. The molecule has 6 nitrogen and oxygen atoms in total. The van der Waals surface area contributed by atoms with E-state index in [-0.39, 0.29) is 29.5 Å². The van der Waals surface area contributed by atoms with Gasteiger partial charge in [-0.2, -0.15) is 18.3 Å². The molecule has 164 valence electrons. The molecule has 0 aliphatic carbocycles. The summed E-state index contributed by atoms with van der Waals surface area (Å²) in [6, 6.07) is 15.5. The number of furan rings is 1. The number of rotatable bonds is 6. The smallest absolute Gasteiger partial charge is 0.435 e. The van der Waals surface area contributed by atoms with E-state index in [0.717, 1.165) is 10.7 Å². The maximum atomic E-state index is 13.5. The Morgan fingerprint density at radius 2 is 1.84 bits per heavy atom. The summed E-state index contributed by atoms with van der Waals surface area (Å²) in [5.74, 6) is -0.218. The Morgan fingerprint density at radius 3 is 2.50 bits per heavy atom. The topological polar surface area (TPSA) is 64.2 Å². The lowest BCUT2D eigenvalue weighted by Crippen LogP contribution is -2.32. The van der Waals surface area contributed by atoms with Crippen molar-refractivity contribution < 1.29 is 22.4 Å². The number of benzene rings is 1. The first-order chi connectivity index (χ1) is 15.3. The van der Waals surface area contributed by atoms with Gasteiger partial charge in [0.15, 0.2) is 5.69 Å². The predicted molar refractivity (Wildman–Crippen MR) is 110 cm³/mol. The van der Waals surface area contributed by atoms with Crippen molar-refractivity contribution in [3.05, 3.63) is 101 Å². The van der Waals surface area contributed by atoms with Crippen LogP contribution in [0, 0.1) is 0 Å². The zero-order valence-electron chi connectivity index (χ0n) is 16.5. The minimum absolute atomic E-state index is 0.0253. The molecule has 1 amide bonds. The van der Waals surface area contributed by atoms with E-state index in [4.69, 9.17) is 16.0 Å². The average molecular weight is 461 g/mol. The molecule has 10 heteroatoms. The number of carbonyl (C=O) groups excluding carboxylic acids is 1. The molecule has 0 radical (unpaired) electrons. The Kier molecular flexibility index (Phi) is 6.00. The van der Waals surface area contributed by atoms with E-state index in [1.807, 2.05) is 0 Å². The largest absolute Gasteiger partial charge is 0.467 e. The molecule has 0 atom stereocenters. The molecule has 0 unspecified atom stereocenters. The Balaban J connectivity index is 1.78. The molecule has 3 heterocycles. The number of halogens is 4. The van der Waals surface area contributed by atoms with Crippen LogP contribution in [0.5, 0.6) is 0 Å². The lowest BCUT2D eigenvalue weighted by molar-refractivity contribution is -0.141. The molecule has 3 aromatic heterocycles. The van der Waals surface area contributed by atoms with Gasteiger partial charge in [-0.3, -0.25) is 9.78 Å². The zero-order valence-corrected chi connectivity index (χ0v) is 17.2. The third kappa shape index (κ3) is 4.67. The maximum absolute atomic E-state index is 13.5. The highest BCUT2D eigenvalue weighted by atomic mass is 35.5. The van der Waals surface area contributed by atoms with Gasteiger partial charge in [0.2, 0.25) is 0 Å². The van der Waals surface area contributed by atoms with E-state index in [2.05, 4.69) is 10.1 Å². The summed E-state index contributed by atoms with van der Waals surface area (Å²) in [7, 11) is 0. The van der Waals surface area contributed by atoms with E-state index in [1.54, 1.807) is 48.7 Å². The second-order valence-electron chi connectivity index (χ2n) is 6.84. The van der Waals surface area contributed by atoms with Crippen molar-refractivity contribution in [1.82, 2.24) is 19.7 Å². The standard InChI is InChI=1S/C22H16ClF3N4O2/c23-17-8-1-2-9-18(17)30-19(12-20(28-30)22(24,25)26)21(31)29(14-16-7-5-11-32-16)13-15-6-3-4-10-27-15/h1-12H,13-14H2. The van der Waals surface area contributed by atoms with Crippen molar-refractivity contribution >= 4 is 17.5 Å². The molecular formula is C22H16ClF3N4O2. The second-order valence-corrected chi connectivity index (χ2v) is 7.24. The molecule has 32 heavy (non-hydrogen) atoms.